The molecule has 1 aromatic carbocycles. The van der Waals surface area contributed by atoms with Crippen molar-refractivity contribution in [1.82, 2.24) is 5.32 Å². The molecule has 0 saturated carbocycles. The van der Waals surface area contributed by atoms with Gasteiger partial charge >= 0.3 is 6.18 Å². The molecule has 7 heteroatoms. The predicted octanol–water partition coefficient (Wildman–Crippen LogP) is 3.22. The van der Waals surface area contributed by atoms with E-state index in [4.69, 9.17) is 11.6 Å². The van der Waals surface area contributed by atoms with E-state index in [9.17, 15) is 18.0 Å². The number of amides is 1. The Morgan fingerprint density at radius 1 is 1.35 bits per heavy atom. The molecule has 2 rings (SSSR count). The van der Waals surface area contributed by atoms with Crippen LogP contribution in [0.4, 0.5) is 18.9 Å². The SMILES string of the molecule is CC(C(=O)Nc1ccc(Cl)cc1C(F)(F)F)=C1CNC1. The summed E-state index contributed by atoms with van der Waals surface area (Å²) >= 11 is 5.57. The second-order valence-electron chi connectivity index (χ2n) is 4.47. The first-order chi connectivity index (χ1) is 9.29. The summed E-state index contributed by atoms with van der Waals surface area (Å²) < 4.78 is 38.7. The normalized spacial score (nSPS) is 14.8. The van der Waals surface area contributed by atoms with Crippen LogP contribution in [0, 0.1) is 0 Å². The Balaban J connectivity index is 2.27. The first kappa shape index (κ1) is 14.9. The Labute approximate surface area is 118 Å². The fourth-order valence-electron chi connectivity index (χ4n) is 1.75. The third kappa shape index (κ3) is 3.13. The Kier molecular flexibility index (Phi) is 4.06. The Morgan fingerprint density at radius 2 is 2.00 bits per heavy atom. The van der Waals surface area contributed by atoms with Gasteiger partial charge in [-0.2, -0.15) is 13.2 Å². The highest BCUT2D eigenvalue weighted by Crippen LogP contribution is 2.36. The number of anilines is 1. The molecule has 1 heterocycles. The van der Waals surface area contributed by atoms with E-state index in [1.54, 1.807) is 6.92 Å². The van der Waals surface area contributed by atoms with Crippen LogP contribution in [0.25, 0.3) is 0 Å². The van der Waals surface area contributed by atoms with E-state index >= 15 is 0 Å². The van der Waals surface area contributed by atoms with Crippen molar-refractivity contribution in [2.75, 3.05) is 18.4 Å². The van der Waals surface area contributed by atoms with E-state index in [-0.39, 0.29) is 10.7 Å². The Hall–Kier alpha value is -1.53. The monoisotopic (exact) mass is 304 g/mol. The first-order valence-corrected chi connectivity index (χ1v) is 6.24. The summed E-state index contributed by atoms with van der Waals surface area (Å²) in [5.41, 5.74) is 0.0823. The standard InChI is InChI=1S/C13H12ClF3N2O/c1-7(8-5-18-6-8)12(20)19-11-3-2-9(14)4-10(11)13(15,16)17/h2-4,18H,5-6H2,1H3,(H,19,20). The summed E-state index contributed by atoms with van der Waals surface area (Å²) in [7, 11) is 0. The van der Waals surface area contributed by atoms with E-state index in [0.29, 0.717) is 18.7 Å². The van der Waals surface area contributed by atoms with E-state index in [1.165, 1.54) is 6.07 Å². The minimum absolute atomic E-state index is 0.0337. The maximum atomic E-state index is 12.9. The number of alkyl halides is 3. The number of hydrogen-bond donors (Lipinski definition) is 2. The van der Waals surface area contributed by atoms with E-state index in [1.807, 2.05) is 0 Å². The molecule has 1 amide bonds. The molecule has 2 N–H and O–H groups in total. The van der Waals surface area contributed by atoms with Crippen LogP contribution in [-0.2, 0) is 11.0 Å². The fraction of sp³-hybridized carbons (Fsp3) is 0.308. The average Bonchev–Trinajstić information content (AvgIpc) is 2.27. The quantitative estimate of drug-likeness (QED) is 0.824. The van der Waals surface area contributed by atoms with Gasteiger partial charge in [-0.05, 0) is 30.7 Å². The molecule has 0 spiro atoms. The van der Waals surface area contributed by atoms with Gasteiger partial charge in [0.25, 0.3) is 5.91 Å². The summed E-state index contributed by atoms with van der Waals surface area (Å²) in [6.07, 6.45) is -4.58. The van der Waals surface area contributed by atoms with E-state index in [2.05, 4.69) is 10.6 Å². The van der Waals surface area contributed by atoms with Gasteiger partial charge in [-0.25, -0.2) is 0 Å². The molecule has 0 aliphatic carbocycles. The number of carbonyl (C=O) groups is 1. The largest absolute Gasteiger partial charge is 0.418 e. The zero-order chi connectivity index (χ0) is 14.9. The van der Waals surface area contributed by atoms with Gasteiger partial charge in [-0.15, -0.1) is 0 Å². The van der Waals surface area contributed by atoms with Crippen LogP contribution in [0.1, 0.15) is 12.5 Å². The molecule has 1 aliphatic rings. The van der Waals surface area contributed by atoms with Crippen LogP contribution in [0.15, 0.2) is 29.3 Å². The van der Waals surface area contributed by atoms with E-state index < -0.39 is 17.6 Å². The van der Waals surface area contributed by atoms with Gasteiger partial charge in [0.05, 0.1) is 11.3 Å². The van der Waals surface area contributed by atoms with Gasteiger partial charge in [-0.3, -0.25) is 4.79 Å². The molecular formula is C13H12ClF3N2O. The summed E-state index contributed by atoms with van der Waals surface area (Å²) in [4.78, 5) is 11.9. The minimum Gasteiger partial charge on any atom is -0.322 e. The number of halogens is 4. The maximum absolute atomic E-state index is 12.9. The topological polar surface area (TPSA) is 41.1 Å². The molecule has 0 bridgehead atoms. The molecule has 0 radical (unpaired) electrons. The zero-order valence-corrected chi connectivity index (χ0v) is 11.3. The fourth-order valence-corrected chi connectivity index (χ4v) is 1.92. The zero-order valence-electron chi connectivity index (χ0n) is 10.6. The predicted molar refractivity (Wildman–Crippen MR) is 70.7 cm³/mol. The van der Waals surface area contributed by atoms with Crippen molar-refractivity contribution in [1.29, 1.82) is 0 Å². The maximum Gasteiger partial charge on any atom is 0.418 e. The molecule has 1 aliphatic heterocycles. The third-order valence-electron chi connectivity index (χ3n) is 3.08. The first-order valence-electron chi connectivity index (χ1n) is 5.86. The number of rotatable bonds is 2. The van der Waals surface area contributed by atoms with Gasteiger partial charge in [0.15, 0.2) is 0 Å². The summed E-state index contributed by atoms with van der Waals surface area (Å²) in [6.45, 7) is 2.77. The lowest BCUT2D eigenvalue weighted by Crippen LogP contribution is -2.36. The lowest BCUT2D eigenvalue weighted by molar-refractivity contribution is -0.136. The van der Waals surface area contributed by atoms with E-state index in [0.717, 1.165) is 17.7 Å². The van der Waals surface area contributed by atoms with Crippen LogP contribution < -0.4 is 10.6 Å². The Bertz CT molecular complexity index is 575. The number of hydrogen-bond acceptors (Lipinski definition) is 2. The minimum atomic E-state index is -4.58. The van der Waals surface area contributed by atoms with Crippen molar-refractivity contribution in [3.05, 3.63) is 39.9 Å². The molecule has 0 unspecified atom stereocenters. The van der Waals surface area contributed by atoms with Crippen molar-refractivity contribution >= 4 is 23.2 Å². The Morgan fingerprint density at radius 3 is 2.50 bits per heavy atom. The molecular weight excluding hydrogens is 293 g/mol. The van der Waals surface area contributed by atoms with Crippen molar-refractivity contribution < 1.29 is 18.0 Å². The number of nitrogens with one attached hydrogen (secondary N) is 2. The summed E-state index contributed by atoms with van der Waals surface area (Å²) in [5.74, 6) is -0.533. The highest BCUT2D eigenvalue weighted by atomic mass is 35.5. The number of benzene rings is 1. The second-order valence-corrected chi connectivity index (χ2v) is 4.91. The molecule has 1 aromatic rings. The smallest absolute Gasteiger partial charge is 0.322 e. The number of carbonyl (C=O) groups excluding carboxylic acids is 1. The molecule has 0 atom stereocenters. The van der Waals surface area contributed by atoms with Gasteiger partial charge in [0.2, 0.25) is 0 Å². The van der Waals surface area contributed by atoms with Crippen molar-refractivity contribution in [3.8, 4) is 0 Å². The van der Waals surface area contributed by atoms with Crippen LogP contribution in [0.2, 0.25) is 5.02 Å². The third-order valence-corrected chi connectivity index (χ3v) is 3.32. The van der Waals surface area contributed by atoms with Crippen molar-refractivity contribution in [2.45, 2.75) is 13.1 Å². The summed E-state index contributed by atoms with van der Waals surface area (Å²) in [5, 5.41) is 5.22. The molecule has 1 saturated heterocycles. The van der Waals surface area contributed by atoms with Crippen LogP contribution >= 0.6 is 11.6 Å². The van der Waals surface area contributed by atoms with Gasteiger partial charge in [0, 0.05) is 23.7 Å². The van der Waals surface area contributed by atoms with Crippen LogP contribution in [0.3, 0.4) is 0 Å². The lowest BCUT2D eigenvalue weighted by Gasteiger charge is -2.22. The highest BCUT2D eigenvalue weighted by molar-refractivity contribution is 6.30. The lowest BCUT2D eigenvalue weighted by atomic mass is 10.0. The molecule has 20 heavy (non-hydrogen) atoms. The van der Waals surface area contributed by atoms with Gasteiger partial charge in [0.1, 0.15) is 0 Å². The van der Waals surface area contributed by atoms with Crippen LogP contribution in [-0.4, -0.2) is 19.0 Å². The van der Waals surface area contributed by atoms with Gasteiger partial charge < -0.3 is 10.6 Å². The molecule has 0 aromatic heterocycles. The highest BCUT2D eigenvalue weighted by Gasteiger charge is 2.34. The molecule has 108 valence electrons. The van der Waals surface area contributed by atoms with Crippen LogP contribution in [0.5, 0.6) is 0 Å². The second kappa shape index (κ2) is 5.46. The molecule has 3 nitrogen and oxygen atoms in total. The average molecular weight is 305 g/mol. The summed E-state index contributed by atoms with van der Waals surface area (Å²) in [6, 6.07) is 3.25. The molecule has 1 fully saturated rings. The van der Waals surface area contributed by atoms with Gasteiger partial charge in [-0.1, -0.05) is 11.6 Å². The van der Waals surface area contributed by atoms with Crippen molar-refractivity contribution in [3.63, 3.8) is 0 Å². The van der Waals surface area contributed by atoms with Crippen molar-refractivity contribution in [2.24, 2.45) is 0 Å².